The van der Waals surface area contributed by atoms with Gasteiger partial charge in [-0.2, -0.15) is 18.3 Å². The summed E-state index contributed by atoms with van der Waals surface area (Å²) in [5, 5.41) is 14.4. The van der Waals surface area contributed by atoms with Gasteiger partial charge >= 0.3 is 6.18 Å². The molecule has 0 saturated heterocycles. The first-order chi connectivity index (χ1) is 13.6. The minimum Gasteiger partial charge on any atom is -0.294 e. The number of nitrogens with zero attached hydrogens (tertiary/aromatic N) is 3. The highest BCUT2D eigenvalue weighted by molar-refractivity contribution is 5.98. The fourth-order valence-electron chi connectivity index (χ4n) is 2.69. The van der Waals surface area contributed by atoms with Crippen molar-refractivity contribution in [3.63, 3.8) is 0 Å². The van der Waals surface area contributed by atoms with Crippen molar-refractivity contribution in [3.8, 4) is 5.69 Å². The fraction of sp³-hybridized carbons (Fsp3) is 0.111. The second-order valence-electron chi connectivity index (χ2n) is 5.91. The van der Waals surface area contributed by atoms with Crippen molar-refractivity contribution in [2.75, 3.05) is 0 Å². The minimum absolute atomic E-state index is 0.0378. The maximum atomic E-state index is 14.1. The summed E-state index contributed by atoms with van der Waals surface area (Å²) in [4.78, 5) is 22.0. The van der Waals surface area contributed by atoms with Gasteiger partial charge in [0.2, 0.25) is 0 Å². The Balaban J connectivity index is 1.89. The molecule has 1 aromatic heterocycles. The monoisotopic (exact) mass is 411 g/mol. The number of nitro benzene ring substituents is 1. The fourth-order valence-corrected chi connectivity index (χ4v) is 2.69. The van der Waals surface area contributed by atoms with Crippen molar-refractivity contribution in [2.45, 2.75) is 12.6 Å². The van der Waals surface area contributed by atoms with Crippen LogP contribution in [-0.2, 0) is 12.6 Å². The molecule has 2 aromatic carbocycles. The van der Waals surface area contributed by atoms with Crippen LogP contribution in [0.2, 0.25) is 0 Å². The molecule has 29 heavy (non-hydrogen) atoms. The Labute approximate surface area is 159 Å². The van der Waals surface area contributed by atoms with Crippen molar-refractivity contribution in [1.29, 1.82) is 0 Å². The predicted octanol–water partition coefficient (Wildman–Crippen LogP) is 4.50. The molecule has 0 fully saturated rings. The number of carbonyl (C=O) groups excluding carboxylic acids is 1. The van der Waals surface area contributed by atoms with E-state index >= 15 is 0 Å². The van der Waals surface area contributed by atoms with E-state index in [9.17, 15) is 36.9 Å². The molecule has 0 amide bonds. The van der Waals surface area contributed by atoms with Gasteiger partial charge in [0.25, 0.3) is 5.69 Å². The van der Waals surface area contributed by atoms with Crippen LogP contribution in [0.1, 0.15) is 21.6 Å². The van der Waals surface area contributed by atoms with Crippen LogP contribution in [0, 0.1) is 21.7 Å². The number of benzene rings is 2. The van der Waals surface area contributed by atoms with Crippen molar-refractivity contribution < 1.29 is 31.7 Å². The molecule has 0 aliphatic rings. The van der Waals surface area contributed by atoms with Crippen LogP contribution in [0.25, 0.3) is 5.69 Å². The number of aromatic nitrogens is 2. The molecule has 3 rings (SSSR count). The number of nitro groups is 1. The van der Waals surface area contributed by atoms with Gasteiger partial charge in [0.1, 0.15) is 5.69 Å². The number of alkyl halides is 3. The van der Waals surface area contributed by atoms with E-state index < -0.39 is 57.4 Å². The van der Waals surface area contributed by atoms with Gasteiger partial charge in [-0.05, 0) is 12.1 Å². The van der Waals surface area contributed by atoms with Crippen LogP contribution in [0.3, 0.4) is 0 Å². The molecule has 0 N–H and O–H groups in total. The molecule has 11 heteroatoms. The quantitative estimate of drug-likeness (QED) is 0.268. The Morgan fingerprint density at radius 3 is 2.31 bits per heavy atom. The minimum atomic E-state index is -4.73. The number of carbonyl (C=O) groups is 1. The van der Waals surface area contributed by atoms with Gasteiger partial charge in [0.05, 0.1) is 34.7 Å². The molecule has 0 aliphatic heterocycles. The molecule has 0 aliphatic carbocycles. The zero-order valence-corrected chi connectivity index (χ0v) is 14.3. The third-order valence-electron chi connectivity index (χ3n) is 3.96. The van der Waals surface area contributed by atoms with E-state index in [4.69, 9.17) is 0 Å². The van der Waals surface area contributed by atoms with E-state index in [0.717, 1.165) is 24.4 Å². The van der Waals surface area contributed by atoms with Crippen molar-refractivity contribution in [3.05, 3.63) is 87.2 Å². The Hall–Kier alpha value is -3.63. The van der Waals surface area contributed by atoms with Crippen molar-refractivity contribution in [1.82, 2.24) is 9.78 Å². The average Bonchev–Trinajstić information content (AvgIpc) is 3.08. The number of halogens is 5. The topological polar surface area (TPSA) is 78.0 Å². The number of non-ortho nitro benzene ring substituents is 1. The lowest BCUT2D eigenvalue weighted by Gasteiger charge is -2.11. The smallest absolute Gasteiger partial charge is 0.294 e. The zero-order valence-electron chi connectivity index (χ0n) is 14.3. The standard InChI is InChI=1S/C18H10F5N3O3/c19-14-8-11(26(28)29)9-15(20)17(14)25-6-5-10(24-25)7-16(27)12-3-1-2-4-13(12)18(21,22)23/h1-6,8-9H,7H2. The van der Waals surface area contributed by atoms with E-state index in [1.807, 2.05) is 0 Å². The molecular formula is C18H10F5N3O3. The summed E-state index contributed by atoms with van der Waals surface area (Å²) in [6.07, 6.45) is -4.18. The summed E-state index contributed by atoms with van der Waals surface area (Å²) in [5.74, 6) is -3.41. The van der Waals surface area contributed by atoms with E-state index in [-0.39, 0.29) is 5.69 Å². The molecule has 0 bridgehead atoms. The van der Waals surface area contributed by atoms with Gasteiger partial charge in [-0.3, -0.25) is 14.9 Å². The highest BCUT2D eigenvalue weighted by atomic mass is 19.4. The first kappa shape index (κ1) is 20.1. The van der Waals surface area contributed by atoms with Gasteiger partial charge in [-0.15, -0.1) is 0 Å². The van der Waals surface area contributed by atoms with Crippen LogP contribution < -0.4 is 0 Å². The van der Waals surface area contributed by atoms with Gasteiger partial charge in [0.15, 0.2) is 17.4 Å². The highest BCUT2D eigenvalue weighted by Gasteiger charge is 2.34. The van der Waals surface area contributed by atoms with E-state index in [0.29, 0.717) is 16.8 Å². The average molecular weight is 411 g/mol. The van der Waals surface area contributed by atoms with Gasteiger partial charge < -0.3 is 0 Å². The Morgan fingerprint density at radius 2 is 1.72 bits per heavy atom. The van der Waals surface area contributed by atoms with E-state index in [1.165, 1.54) is 12.1 Å². The van der Waals surface area contributed by atoms with Crippen LogP contribution in [0.15, 0.2) is 48.7 Å². The number of Topliss-reactive ketones (excluding diaryl/α,β-unsaturated/α-hetero) is 1. The van der Waals surface area contributed by atoms with Crippen LogP contribution in [-0.4, -0.2) is 20.5 Å². The number of rotatable bonds is 5. The number of hydrogen-bond donors (Lipinski definition) is 0. The maximum absolute atomic E-state index is 14.1. The first-order valence-electron chi connectivity index (χ1n) is 7.95. The van der Waals surface area contributed by atoms with Gasteiger partial charge in [-0.25, -0.2) is 13.5 Å². The maximum Gasteiger partial charge on any atom is 0.417 e. The van der Waals surface area contributed by atoms with E-state index in [2.05, 4.69) is 5.10 Å². The molecule has 0 radical (unpaired) electrons. The normalized spacial score (nSPS) is 11.5. The molecule has 0 atom stereocenters. The molecule has 3 aromatic rings. The Kier molecular flexibility index (Phi) is 5.14. The lowest BCUT2D eigenvalue weighted by Crippen LogP contribution is -2.14. The lowest BCUT2D eigenvalue weighted by atomic mass is 10.0. The summed E-state index contributed by atoms with van der Waals surface area (Å²) in [5.41, 5.74) is -3.21. The molecule has 0 spiro atoms. The Morgan fingerprint density at radius 1 is 1.10 bits per heavy atom. The molecular weight excluding hydrogens is 401 g/mol. The van der Waals surface area contributed by atoms with Crippen molar-refractivity contribution >= 4 is 11.5 Å². The van der Waals surface area contributed by atoms with Crippen LogP contribution in [0.4, 0.5) is 27.6 Å². The van der Waals surface area contributed by atoms with Crippen LogP contribution >= 0.6 is 0 Å². The van der Waals surface area contributed by atoms with Gasteiger partial charge in [-0.1, -0.05) is 18.2 Å². The summed E-state index contributed by atoms with van der Waals surface area (Å²) in [7, 11) is 0. The van der Waals surface area contributed by atoms with Crippen molar-refractivity contribution in [2.24, 2.45) is 0 Å². The second kappa shape index (κ2) is 7.41. The van der Waals surface area contributed by atoms with E-state index in [1.54, 1.807) is 0 Å². The summed E-state index contributed by atoms with van der Waals surface area (Å²) < 4.78 is 68.0. The van der Waals surface area contributed by atoms with Crippen LogP contribution in [0.5, 0.6) is 0 Å². The molecule has 0 saturated carbocycles. The highest BCUT2D eigenvalue weighted by Crippen LogP contribution is 2.32. The molecule has 1 heterocycles. The SMILES string of the molecule is O=C(Cc1ccn(-c2c(F)cc([N+](=O)[O-])cc2F)n1)c1ccccc1C(F)(F)F. The van der Waals surface area contributed by atoms with Gasteiger partial charge in [0, 0.05) is 11.8 Å². The number of ketones is 1. The summed E-state index contributed by atoms with van der Waals surface area (Å²) in [6, 6.07) is 6.44. The molecule has 0 unspecified atom stereocenters. The summed E-state index contributed by atoms with van der Waals surface area (Å²) in [6.45, 7) is 0. The predicted molar refractivity (Wildman–Crippen MR) is 89.6 cm³/mol. The first-order valence-corrected chi connectivity index (χ1v) is 7.95. The molecule has 6 nitrogen and oxygen atoms in total. The molecule has 150 valence electrons. The third kappa shape index (κ3) is 4.13. The summed E-state index contributed by atoms with van der Waals surface area (Å²) >= 11 is 0. The zero-order chi connectivity index (χ0) is 21.3. The third-order valence-corrected chi connectivity index (χ3v) is 3.96. The largest absolute Gasteiger partial charge is 0.417 e. The number of hydrogen-bond acceptors (Lipinski definition) is 4. The second-order valence-corrected chi connectivity index (χ2v) is 5.91. The Bertz CT molecular complexity index is 1090. The lowest BCUT2D eigenvalue weighted by molar-refractivity contribution is -0.385.